The fourth-order valence-corrected chi connectivity index (χ4v) is 3.81. The minimum Gasteiger partial charge on any atom is -0.481 e. The first-order valence-electron chi connectivity index (χ1n) is 8.20. The van der Waals surface area contributed by atoms with E-state index in [1.807, 2.05) is 0 Å². The van der Waals surface area contributed by atoms with E-state index in [-0.39, 0.29) is 23.2 Å². The molecule has 3 rings (SSSR count). The lowest BCUT2D eigenvalue weighted by atomic mass is 9.82. The smallest absolute Gasteiger partial charge is 0.408 e. The summed E-state index contributed by atoms with van der Waals surface area (Å²) >= 11 is 0. The number of ether oxygens (including phenoxy) is 1. The Labute approximate surface area is 140 Å². The summed E-state index contributed by atoms with van der Waals surface area (Å²) in [6.07, 6.45) is -2.20. The second kappa shape index (κ2) is 5.88. The van der Waals surface area contributed by atoms with Crippen molar-refractivity contribution in [3.63, 3.8) is 0 Å². The molecule has 24 heavy (non-hydrogen) atoms. The van der Waals surface area contributed by atoms with Crippen LogP contribution in [0.25, 0.3) is 0 Å². The minimum absolute atomic E-state index is 0.0155. The topological polar surface area (TPSA) is 28.6 Å². The molecule has 2 fully saturated rings. The highest BCUT2D eigenvalue weighted by Gasteiger charge is 2.56. The highest BCUT2D eigenvalue weighted by atomic mass is 19.4. The van der Waals surface area contributed by atoms with Crippen molar-refractivity contribution >= 4 is 0 Å². The van der Waals surface area contributed by atoms with E-state index in [2.05, 4.69) is 30.7 Å². The number of alkyl halides is 3. The van der Waals surface area contributed by atoms with Crippen LogP contribution < -0.4 is 4.74 Å². The Hall–Kier alpha value is -1.34. The van der Waals surface area contributed by atoms with Crippen LogP contribution in [0.1, 0.15) is 38.8 Å². The molecule has 3 unspecified atom stereocenters. The fourth-order valence-electron chi connectivity index (χ4n) is 3.81. The predicted octanol–water partition coefficient (Wildman–Crippen LogP) is 3.25. The molecule has 134 valence electrons. The first kappa shape index (κ1) is 17.5. The minimum atomic E-state index is -4.32. The number of hydrogen-bond donors (Lipinski definition) is 0. The van der Waals surface area contributed by atoms with E-state index in [0.717, 1.165) is 6.42 Å². The molecule has 3 heterocycles. The Kier molecular flexibility index (Phi) is 4.28. The zero-order chi connectivity index (χ0) is 17.7. The van der Waals surface area contributed by atoms with Gasteiger partial charge in [0.25, 0.3) is 0 Å². The Morgan fingerprint density at radius 3 is 2.21 bits per heavy atom. The number of nitrogens with zero attached hydrogens (tertiary/aromatic N) is 3. The summed E-state index contributed by atoms with van der Waals surface area (Å²) in [7, 11) is 1.45. The third-order valence-corrected chi connectivity index (χ3v) is 5.09. The molecule has 1 aromatic heterocycles. The number of likely N-dealkylation sites (tertiary alicyclic amines) is 2. The molecule has 0 aromatic carbocycles. The molecular weight excluding hydrogens is 319 g/mol. The van der Waals surface area contributed by atoms with Crippen LogP contribution in [0, 0.1) is 0 Å². The van der Waals surface area contributed by atoms with Crippen LogP contribution in [-0.2, 0) is 0 Å². The summed E-state index contributed by atoms with van der Waals surface area (Å²) in [5.41, 5.74) is 0.167. The standard InChI is InChI=1S/C17H24F3N3O/c1-16(2,3)22-9-12-7-13(10-22)23(12)15(17(18,19)20)11-5-6-14(24-4)21-8-11/h5-6,8,12-13,15H,7,9-10H2,1-4H3. The van der Waals surface area contributed by atoms with E-state index < -0.39 is 12.2 Å². The Morgan fingerprint density at radius 2 is 1.79 bits per heavy atom. The van der Waals surface area contributed by atoms with Crippen molar-refractivity contribution in [1.82, 2.24) is 14.8 Å². The van der Waals surface area contributed by atoms with Crippen molar-refractivity contribution in [2.24, 2.45) is 0 Å². The SMILES string of the molecule is COc1ccc(C(N2C3CC2CN(C(C)(C)C)C3)C(F)(F)F)cn1. The fraction of sp³-hybridized carbons (Fsp3) is 0.706. The average molecular weight is 343 g/mol. The van der Waals surface area contributed by atoms with Crippen LogP contribution in [0.15, 0.2) is 18.3 Å². The number of rotatable bonds is 3. The van der Waals surface area contributed by atoms with E-state index in [9.17, 15) is 13.2 Å². The summed E-state index contributed by atoms with van der Waals surface area (Å²) < 4.78 is 46.3. The lowest BCUT2D eigenvalue weighted by Gasteiger charge is -2.61. The van der Waals surface area contributed by atoms with Crippen molar-refractivity contribution in [2.75, 3.05) is 20.2 Å². The van der Waals surface area contributed by atoms with Gasteiger partial charge in [0, 0.05) is 43.0 Å². The van der Waals surface area contributed by atoms with Crippen LogP contribution >= 0.6 is 0 Å². The molecule has 2 bridgehead atoms. The van der Waals surface area contributed by atoms with Gasteiger partial charge in [0.2, 0.25) is 5.88 Å². The molecule has 0 aliphatic carbocycles. The molecule has 2 saturated heterocycles. The number of pyridine rings is 1. The molecule has 3 atom stereocenters. The van der Waals surface area contributed by atoms with E-state index in [4.69, 9.17) is 4.74 Å². The number of piperidine rings is 1. The number of halogens is 3. The molecule has 1 aromatic rings. The van der Waals surface area contributed by atoms with Crippen molar-refractivity contribution in [3.8, 4) is 5.88 Å². The van der Waals surface area contributed by atoms with Gasteiger partial charge in [-0.3, -0.25) is 9.80 Å². The van der Waals surface area contributed by atoms with Gasteiger partial charge in [0.15, 0.2) is 0 Å². The van der Waals surface area contributed by atoms with Gasteiger partial charge in [-0.2, -0.15) is 13.2 Å². The largest absolute Gasteiger partial charge is 0.481 e. The Balaban J connectivity index is 1.84. The second-order valence-corrected chi connectivity index (χ2v) is 7.64. The van der Waals surface area contributed by atoms with Gasteiger partial charge in [-0.05, 0) is 32.8 Å². The molecule has 0 N–H and O–H groups in total. The number of hydrogen-bond acceptors (Lipinski definition) is 4. The molecule has 0 saturated carbocycles. The maximum Gasteiger partial charge on any atom is 0.408 e. The molecule has 7 heteroatoms. The molecular formula is C17H24F3N3O. The van der Waals surface area contributed by atoms with Crippen molar-refractivity contribution in [3.05, 3.63) is 23.9 Å². The van der Waals surface area contributed by atoms with Crippen LogP contribution in [0.3, 0.4) is 0 Å². The lowest BCUT2D eigenvalue weighted by molar-refractivity contribution is -0.235. The first-order valence-corrected chi connectivity index (χ1v) is 8.20. The van der Waals surface area contributed by atoms with Gasteiger partial charge < -0.3 is 4.74 Å². The second-order valence-electron chi connectivity index (χ2n) is 7.64. The predicted molar refractivity (Wildman–Crippen MR) is 84.9 cm³/mol. The Bertz CT molecular complexity index is 570. The summed E-state index contributed by atoms with van der Waals surface area (Å²) in [4.78, 5) is 7.87. The van der Waals surface area contributed by atoms with Gasteiger partial charge in [0.1, 0.15) is 6.04 Å². The van der Waals surface area contributed by atoms with Gasteiger partial charge in [-0.1, -0.05) is 6.07 Å². The normalized spacial score (nSPS) is 26.8. The van der Waals surface area contributed by atoms with Crippen molar-refractivity contribution in [2.45, 2.75) is 57.0 Å². The molecule has 0 radical (unpaired) electrons. The lowest BCUT2D eigenvalue weighted by Crippen LogP contribution is -2.72. The number of aromatic nitrogens is 1. The molecule has 0 amide bonds. The quantitative estimate of drug-likeness (QED) is 0.842. The zero-order valence-corrected chi connectivity index (χ0v) is 14.5. The maximum atomic E-state index is 13.8. The highest BCUT2D eigenvalue weighted by molar-refractivity contribution is 5.24. The van der Waals surface area contributed by atoms with Crippen LogP contribution in [0.2, 0.25) is 0 Å². The molecule has 2 aliphatic rings. The van der Waals surface area contributed by atoms with E-state index in [0.29, 0.717) is 19.0 Å². The number of methoxy groups -OCH3 is 1. The van der Waals surface area contributed by atoms with Crippen LogP contribution in [0.4, 0.5) is 13.2 Å². The van der Waals surface area contributed by atoms with E-state index in [1.54, 1.807) is 4.90 Å². The van der Waals surface area contributed by atoms with Crippen molar-refractivity contribution in [1.29, 1.82) is 0 Å². The van der Waals surface area contributed by atoms with Gasteiger partial charge in [-0.15, -0.1) is 0 Å². The molecule has 2 aliphatic heterocycles. The average Bonchev–Trinajstić information content (AvgIpc) is 2.50. The monoisotopic (exact) mass is 343 g/mol. The summed E-state index contributed by atoms with van der Waals surface area (Å²) in [6, 6.07) is 1.25. The van der Waals surface area contributed by atoms with Gasteiger partial charge >= 0.3 is 6.18 Å². The summed E-state index contributed by atoms with van der Waals surface area (Å²) in [5, 5.41) is 0. The van der Waals surface area contributed by atoms with Crippen LogP contribution in [0.5, 0.6) is 5.88 Å². The maximum absolute atomic E-state index is 13.8. The molecule has 0 spiro atoms. The zero-order valence-electron chi connectivity index (χ0n) is 14.5. The van der Waals surface area contributed by atoms with Gasteiger partial charge in [0.05, 0.1) is 7.11 Å². The Morgan fingerprint density at radius 1 is 1.17 bits per heavy atom. The van der Waals surface area contributed by atoms with Gasteiger partial charge in [-0.25, -0.2) is 4.98 Å². The van der Waals surface area contributed by atoms with E-state index >= 15 is 0 Å². The third-order valence-electron chi connectivity index (χ3n) is 5.09. The van der Waals surface area contributed by atoms with Crippen LogP contribution in [-0.4, -0.2) is 58.8 Å². The number of fused-ring (bicyclic) bond motifs is 2. The first-order chi connectivity index (χ1) is 11.1. The summed E-state index contributed by atoms with van der Waals surface area (Å²) in [6.45, 7) is 7.68. The van der Waals surface area contributed by atoms with E-state index in [1.165, 1.54) is 25.4 Å². The number of piperazine rings is 1. The highest BCUT2D eigenvalue weighted by Crippen LogP contribution is 2.47. The third kappa shape index (κ3) is 3.11. The van der Waals surface area contributed by atoms with Crippen molar-refractivity contribution < 1.29 is 17.9 Å². The summed E-state index contributed by atoms with van der Waals surface area (Å²) in [5.74, 6) is 0.322. The molecule has 4 nitrogen and oxygen atoms in total.